The van der Waals surface area contributed by atoms with E-state index in [2.05, 4.69) is 27.0 Å². The number of carbonyl (C=O) groups excluding carboxylic acids is 1. The number of nitriles is 1. The number of likely N-dealkylation sites (tertiary alicyclic amines) is 1. The van der Waals surface area contributed by atoms with Gasteiger partial charge in [0.25, 0.3) is 0 Å². The summed E-state index contributed by atoms with van der Waals surface area (Å²) in [6.07, 6.45) is 9.06. The van der Waals surface area contributed by atoms with Crippen molar-refractivity contribution in [2.45, 2.75) is 57.9 Å². The summed E-state index contributed by atoms with van der Waals surface area (Å²) in [5.41, 5.74) is 2.78. The van der Waals surface area contributed by atoms with Crippen LogP contribution in [-0.4, -0.2) is 47.4 Å². The van der Waals surface area contributed by atoms with E-state index in [1.54, 1.807) is 0 Å². The third-order valence-electron chi connectivity index (χ3n) is 6.15. The van der Waals surface area contributed by atoms with Crippen LogP contribution in [0, 0.1) is 11.3 Å². The van der Waals surface area contributed by atoms with Gasteiger partial charge in [-0.3, -0.25) is 4.79 Å². The lowest BCUT2D eigenvalue weighted by molar-refractivity contribution is -0.127. The van der Waals surface area contributed by atoms with Gasteiger partial charge in [0.2, 0.25) is 5.91 Å². The van der Waals surface area contributed by atoms with Gasteiger partial charge in [0.05, 0.1) is 17.4 Å². The Morgan fingerprint density at radius 3 is 2.94 bits per heavy atom. The van der Waals surface area contributed by atoms with E-state index in [0.717, 1.165) is 62.4 Å². The number of anilines is 1. The second-order valence-electron chi connectivity index (χ2n) is 8.55. The molecule has 0 unspecified atom stereocenters. The molecular formula is C24H31N7O. The summed E-state index contributed by atoms with van der Waals surface area (Å²) >= 11 is 0. The number of allylic oxidation sites excluding steroid dienone is 2. The van der Waals surface area contributed by atoms with E-state index in [1.165, 1.54) is 12.8 Å². The zero-order valence-corrected chi connectivity index (χ0v) is 18.7. The molecule has 1 aromatic heterocycles. The highest BCUT2D eigenvalue weighted by molar-refractivity contribution is 5.91. The lowest BCUT2D eigenvalue weighted by Gasteiger charge is -2.22. The first-order chi connectivity index (χ1) is 15.6. The summed E-state index contributed by atoms with van der Waals surface area (Å²) in [6, 6.07) is 8.32. The Labute approximate surface area is 189 Å². The van der Waals surface area contributed by atoms with Crippen LogP contribution in [0.5, 0.6) is 0 Å². The van der Waals surface area contributed by atoms with Crippen LogP contribution in [0.4, 0.5) is 5.82 Å². The summed E-state index contributed by atoms with van der Waals surface area (Å²) in [6.45, 7) is 4.31. The molecule has 3 aliphatic rings. The highest BCUT2D eigenvalue weighted by Crippen LogP contribution is 2.24. The molecular weight excluding hydrogens is 402 g/mol. The summed E-state index contributed by atoms with van der Waals surface area (Å²) in [5, 5.41) is 19.8. The molecule has 0 atom stereocenters. The molecule has 1 saturated heterocycles. The molecule has 2 aliphatic heterocycles. The van der Waals surface area contributed by atoms with Gasteiger partial charge in [-0.05, 0) is 50.3 Å². The molecule has 32 heavy (non-hydrogen) atoms. The van der Waals surface area contributed by atoms with Gasteiger partial charge in [0.15, 0.2) is 5.96 Å². The third-order valence-corrected chi connectivity index (χ3v) is 6.15. The minimum atomic E-state index is 0.254. The van der Waals surface area contributed by atoms with Crippen LogP contribution >= 0.6 is 0 Å². The smallest absolute Gasteiger partial charge is 0.222 e. The van der Waals surface area contributed by atoms with Gasteiger partial charge in [-0.15, -0.1) is 0 Å². The number of amides is 1. The van der Waals surface area contributed by atoms with E-state index in [0.29, 0.717) is 29.7 Å². The first-order valence-electron chi connectivity index (χ1n) is 11.6. The summed E-state index contributed by atoms with van der Waals surface area (Å²) in [4.78, 5) is 23.1. The normalized spacial score (nSPS) is 21.8. The molecule has 168 valence electrons. The van der Waals surface area contributed by atoms with Gasteiger partial charge in [-0.25, -0.2) is 9.98 Å². The predicted octanol–water partition coefficient (Wildman–Crippen LogP) is 3.14. The highest BCUT2D eigenvalue weighted by Gasteiger charge is 2.21. The minimum absolute atomic E-state index is 0.254. The van der Waals surface area contributed by atoms with E-state index in [4.69, 9.17) is 4.99 Å². The average Bonchev–Trinajstić information content (AvgIpc) is 3.46. The molecule has 0 bridgehead atoms. The fraction of sp³-hybridized carbons (Fsp3) is 0.500. The zero-order chi connectivity index (χ0) is 22.3. The minimum Gasteiger partial charge on any atom is -0.370 e. The number of guanidine groups is 1. The average molecular weight is 434 g/mol. The topological polar surface area (TPSA) is 105 Å². The van der Waals surface area contributed by atoms with E-state index < -0.39 is 0 Å². The monoisotopic (exact) mass is 433 g/mol. The van der Waals surface area contributed by atoms with E-state index in [9.17, 15) is 10.1 Å². The molecule has 8 nitrogen and oxygen atoms in total. The molecule has 4 rings (SSSR count). The van der Waals surface area contributed by atoms with Crippen LogP contribution in [-0.2, 0) is 4.79 Å². The van der Waals surface area contributed by atoms with Crippen molar-refractivity contribution in [2.75, 3.05) is 25.0 Å². The molecule has 1 saturated carbocycles. The Bertz CT molecular complexity index is 982. The number of pyridine rings is 1. The van der Waals surface area contributed by atoms with Gasteiger partial charge in [-0.1, -0.05) is 18.9 Å². The molecule has 0 aromatic carbocycles. The van der Waals surface area contributed by atoms with Crippen molar-refractivity contribution in [3.05, 3.63) is 41.4 Å². The number of carbonyl (C=O) groups is 1. The van der Waals surface area contributed by atoms with Crippen molar-refractivity contribution in [3.8, 4) is 6.07 Å². The number of rotatable bonds is 7. The molecule has 0 radical (unpaired) electrons. The van der Waals surface area contributed by atoms with Crippen molar-refractivity contribution < 1.29 is 4.79 Å². The van der Waals surface area contributed by atoms with E-state index >= 15 is 0 Å². The number of nitrogens with zero attached hydrogens (tertiary/aromatic N) is 4. The van der Waals surface area contributed by atoms with Gasteiger partial charge in [0, 0.05) is 32.3 Å². The molecule has 0 spiro atoms. The van der Waals surface area contributed by atoms with Crippen LogP contribution < -0.4 is 16.0 Å². The summed E-state index contributed by atoms with van der Waals surface area (Å²) in [7, 11) is 0. The first-order valence-corrected chi connectivity index (χ1v) is 11.6. The number of aromatic nitrogens is 1. The van der Waals surface area contributed by atoms with Gasteiger partial charge >= 0.3 is 0 Å². The van der Waals surface area contributed by atoms with Crippen molar-refractivity contribution in [1.82, 2.24) is 20.5 Å². The van der Waals surface area contributed by atoms with Crippen LogP contribution in [0.2, 0.25) is 0 Å². The van der Waals surface area contributed by atoms with E-state index in [1.807, 2.05) is 36.2 Å². The standard InChI is InChI=1S/C24H31N7O/c1-17-16-27-24(28-18-7-2-3-8-18)30-23(17)19(15-25)20-9-4-10-21(29-20)26-12-6-14-31-13-5-11-22(31)32/h4,9-10,16,18H,2-3,5-8,11-14H2,1H3,(H,26,29)(H2,27,28,30)/b23-19-. The lowest BCUT2D eigenvalue weighted by Crippen LogP contribution is -2.39. The SMILES string of the molecule is CC1=CNC(=NC2CCCC2)N/C1=C(/C#N)c1cccc(NCCCN2CCCC2=O)n1. The lowest BCUT2D eigenvalue weighted by atomic mass is 10.0. The Morgan fingerprint density at radius 1 is 1.34 bits per heavy atom. The van der Waals surface area contributed by atoms with Crippen molar-refractivity contribution in [2.24, 2.45) is 4.99 Å². The Hall–Kier alpha value is -3.34. The second kappa shape index (κ2) is 10.3. The molecule has 1 aromatic rings. The summed E-state index contributed by atoms with van der Waals surface area (Å²) < 4.78 is 0. The molecule has 3 N–H and O–H groups in total. The second-order valence-corrected chi connectivity index (χ2v) is 8.55. The number of hydrogen-bond donors (Lipinski definition) is 3. The van der Waals surface area contributed by atoms with Crippen molar-refractivity contribution in [3.63, 3.8) is 0 Å². The van der Waals surface area contributed by atoms with Crippen LogP contribution in [0.3, 0.4) is 0 Å². The maximum absolute atomic E-state index is 11.7. The third kappa shape index (κ3) is 5.28. The maximum atomic E-state index is 11.7. The zero-order valence-electron chi connectivity index (χ0n) is 18.7. The van der Waals surface area contributed by atoms with Crippen molar-refractivity contribution in [1.29, 1.82) is 5.26 Å². The van der Waals surface area contributed by atoms with Crippen molar-refractivity contribution >= 4 is 23.3 Å². The molecule has 2 fully saturated rings. The maximum Gasteiger partial charge on any atom is 0.222 e. The highest BCUT2D eigenvalue weighted by atomic mass is 16.2. The Morgan fingerprint density at radius 2 is 2.19 bits per heavy atom. The first kappa shape index (κ1) is 21.9. The Kier molecular flexibility index (Phi) is 7.05. The fourth-order valence-electron chi connectivity index (χ4n) is 4.39. The van der Waals surface area contributed by atoms with Gasteiger partial charge < -0.3 is 20.9 Å². The van der Waals surface area contributed by atoms with Crippen LogP contribution in [0.1, 0.15) is 57.6 Å². The quantitative estimate of drug-likeness (QED) is 0.451. The summed E-state index contributed by atoms with van der Waals surface area (Å²) in [5.74, 6) is 1.67. The van der Waals surface area contributed by atoms with Crippen LogP contribution in [0.15, 0.2) is 40.7 Å². The molecule has 1 amide bonds. The fourth-order valence-corrected chi connectivity index (χ4v) is 4.39. The largest absolute Gasteiger partial charge is 0.370 e. The molecule has 1 aliphatic carbocycles. The van der Waals surface area contributed by atoms with E-state index in [-0.39, 0.29) is 5.91 Å². The van der Waals surface area contributed by atoms with Gasteiger partial charge in [-0.2, -0.15) is 5.26 Å². The predicted molar refractivity (Wildman–Crippen MR) is 125 cm³/mol. The number of hydrogen-bond acceptors (Lipinski definition) is 5. The van der Waals surface area contributed by atoms with Crippen LogP contribution in [0.25, 0.3) is 5.57 Å². The molecule has 8 heteroatoms. The van der Waals surface area contributed by atoms with Gasteiger partial charge in [0.1, 0.15) is 17.5 Å². The number of nitrogens with one attached hydrogen (secondary N) is 3. The number of aliphatic imine (C=N–C) groups is 1. The molecule has 3 heterocycles. The Balaban J connectivity index is 1.44.